The highest BCUT2D eigenvalue weighted by molar-refractivity contribution is 9.10. The molecule has 2 rings (SSSR count). The summed E-state index contributed by atoms with van der Waals surface area (Å²) >= 11 is 3.34. The molecule has 0 saturated heterocycles. The lowest BCUT2D eigenvalue weighted by Crippen LogP contribution is -2.31. The van der Waals surface area contributed by atoms with Crippen LogP contribution in [0.4, 0.5) is 5.82 Å². The Bertz CT molecular complexity index is 584. The summed E-state index contributed by atoms with van der Waals surface area (Å²) in [4.78, 5) is 17.5. The third-order valence-corrected chi connectivity index (χ3v) is 3.74. The maximum atomic E-state index is 10.8. The van der Waals surface area contributed by atoms with Gasteiger partial charge in [-0.15, -0.1) is 0 Å². The minimum Gasteiger partial charge on any atom is -0.350 e. The maximum absolute atomic E-state index is 10.8. The molecule has 1 aromatic carbocycles. The fraction of sp³-hybridized carbons (Fsp3) is 0.250. The lowest BCUT2D eigenvalue weighted by atomic mass is 10.2. The summed E-state index contributed by atoms with van der Waals surface area (Å²) in [6, 6.07) is 14.3. The zero-order valence-electron chi connectivity index (χ0n) is 11.6. The fourth-order valence-corrected chi connectivity index (χ4v) is 2.40. The first-order chi connectivity index (χ1) is 9.61. The average Bonchev–Trinajstić information content (AvgIpc) is 2.45. The molecule has 0 atom stereocenters. The van der Waals surface area contributed by atoms with E-state index in [1.807, 2.05) is 24.3 Å². The molecule has 0 radical (unpaired) electrons. The number of carbonyl (C=O) groups excluding carboxylic acids is 1. The minimum absolute atomic E-state index is 0.316. The van der Waals surface area contributed by atoms with Crippen LogP contribution in [-0.4, -0.2) is 17.3 Å². The Balaban J connectivity index is 2.29. The van der Waals surface area contributed by atoms with Gasteiger partial charge in [-0.3, -0.25) is 4.79 Å². The molecule has 3 nitrogen and oxygen atoms in total. The Morgan fingerprint density at radius 1 is 1.20 bits per heavy atom. The summed E-state index contributed by atoms with van der Waals surface area (Å²) in [6.45, 7) is 5.05. The van der Waals surface area contributed by atoms with Gasteiger partial charge in [0.2, 0.25) is 0 Å². The topological polar surface area (TPSA) is 33.2 Å². The van der Waals surface area contributed by atoms with E-state index in [1.165, 1.54) is 5.56 Å². The van der Waals surface area contributed by atoms with Crippen molar-refractivity contribution in [1.82, 2.24) is 4.98 Å². The van der Waals surface area contributed by atoms with Gasteiger partial charge in [0.25, 0.3) is 0 Å². The van der Waals surface area contributed by atoms with Gasteiger partial charge in [0.05, 0.1) is 0 Å². The molecule has 0 saturated carbocycles. The van der Waals surface area contributed by atoms with Crippen molar-refractivity contribution in [3.8, 4) is 0 Å². The predicted octanol–water partition coefficient (Wildman–Crippen LogP) is 4.07. The van der Waals surface area contributed by atoms with Gasteiger partial charge in [-0.1, -0.05) is 30.3 Å². The van der Waals surface area contributed by atoms with Crippen molar-refractivity contribution in [3.05, 3.63) is 58.2 Å². The summed E-state index contributed by atoms with van der Waals surface area (Å²) in [5, 5.41) is 0. The van der Waals surface area contributed by atoms with Crippen molar-refractivity contribution < 1.29 is 4.79 Å². The van der Waals surface area contributed by atoms with Crippen LogP contribution >= 0.6 is 15.9 Å². The van der Waals surface area contributed by atoms with Crippen LogP contribution in [0.15, 0.2) is 47.1 Å². The summed E-state index contributed by atoms with van der Waals surface area (Å²) < 4.78 is 0.587. The van der Waals surface area contributed by atoms with Crippen LogP contribution in [-0.2, 0) is 6.54 Å². The number of halogens is 1. The SMILES string of the molecule is CC(C)N(Cc1ccccc1)c1ccc(C=O)c(Br)n1. The van der Waals surface area contributed by atoms with Crippen molar-refractivity contribution in [1.29, 1.82) is 0 Å². The van der Waals surface area contributed by atoms with Crippen LogP contribution < -0.4 is 4.90 Å². The van der Waals surface area contributed by atoms with Gasteiger partial charge in [0.15, 0.2) is 6.29 Å². The number of anilines is 1. The molecule has 2 aromatic rings. The number of carbonyl (C=O) groups is 1. The van der Waals surface area contributed by atoms with E-state index in [0.717, 1.165) is 18.6 Å². The average molecular weight is 333 g/mol. The van der Waals surface area contributed by atoms with Gasteiger partial charge in [-0.05, 0) is 47.5 Å². The Morgan fingerprint density at radius 3 is 2.45 bits per heavy atom. The Labute approximate surface area is 127 Å². The second kappa shape index (κ2) is 6.66. The lowest BCUT2D eigenvalue weighted by molar-refractivity contribution is 0.112. The van der Waals surface area contributed by atoms with E-state index in [2.05, 4.69) is 51.8 Å². The first-order valence-electron chi connectivity index (χ1n) is 6.54. The highest BCUT2D eigenvalue weighted by atomic mass is 79.9. The lowest BCUT2D eigenvalue weighted by Gasteiger charge is -2.28. The summed E-state index contributed by atoms with van der Waals surface area (Å²) in [6.07, 6.45) is 0.803. The molecular weight excluding hydrogens is 316 g/mol. The van der Waals surface area contributed by atoms with Crippen molar-refractivity contribution in [2.45, 2.75) is 26.4 Å². The van der Waals surface area contributed by atoms with E-state index in [-0.39, 0.29) is 0 Å². The molecule has 0 fully saturated rings. The fourth-order valence-electron chi connectivity index (χ4n) is 1.99. The van der Waals surface area contributed by atoms with Crippen molar-refractivity contribution in [2.75, 3.05) is 4.90 Å². The van der Waals surface area contributed by atoms with E-state index < -0.39 is 0 Å². The Morgan fingerprint density at radius 2 is 1.90 bits per heavy atom. The monoisotopic (exact) mass is 332 g/mol. The molecule has 0 unspecified atom stereocenters. The third-order valence-electron chi connectivity index (χ3n) is 3.10. The molecule has 4 heteroatoms. The number of benzene rings is 1. The zero-order valence-corrected chi connectivity index (χ0v) is 13.2. The number of hydrogen-bond donors (Lipinski definition) is 0. The molecule has 1 heterocycles. The standard InChI is InChI=1S/C16H17BrN2O/c1-12(2)19(10-13-6-4-3-5-7-13)15-9-8-14(11-20)16(17)18-15/h3-9,11-12H,10H2,1-2H3. The van der Waals surface area contributed by atoms with E-state index in [4.69, 9.17) is 0 Å². The van der Waals surface area contributed by atoms with E-state index in [9.17, 15) is 4.79 Å². The minimum atomic E-state index is 0.316. The van der Waals surface area contributed by atoms with Crippen LogP contribution in [0.1, 0.15) is 29.8 Å². The van der Waals surface area contributed by atoms with Gasteiger partial charge in [0, 0.05) is 18.2 Å². The Kier molecular flexibility index (Phi) is 4.90. The highest BCUT2D eigenvalue weighted by Crippen LogP contribution is 2.22. The predicted molar refractivity (Wildman–Crippen MR) is 85.1 cm³/mol. The molecule has 0 aliphatic heterocycles. The second-order valence-electron chi connectivity index (χ2n) is 4.87. The van der Waals surface area contributed by atoms with Crippen LogP contribution in [0.5, 0.6) is 0 Å². The molecule has 0 bridgehead atoms. The number of aromatic nitrogens is 1. The molecule has 0 N–H and O–H groups in total. The van der Waals surface area contributed by atoms with Crippen LogP contribution in [0.25, 0.3) is 0 Å². The van der Waals surface area contributed by atoms with Gasteiger partial charge in [-0.2, -0.15) is 0 Å². The molecule has 0 spiro atoms. The maximum Gasteiger partial charge on any atom is 0.152 e. The molecule has 1 aromatic heterocycles. The van der Waals surface area contributed by atoms with Crippen LogP contribution in [0, 0.1) is 0 Å². The smallest absolute Gasteiger partial charge is 0.152 e. The highest BCUT2D eigenvalue weighted by Gasteiger charge is 2.14. The van der Waals surface area contributed by atoms with Gasteiger partial charge >= 0.3 is 0 Å². The molecular formula is C16H17BrN2O. The first kappa shape index (κ1) is 14.7. The van der Waals surface area contributed by atoms with E-state index in [1.54, 1.807) is 6.07 Å². The van der Waals surface area contributed by atoms with Crippen LogP contribution in [0.3, 0.4) is 0 Å². The molecule has 104 valence electrons. The number of nitrogens with zero attached hydrogens (tertiary/aromatic N) is 2. The molecule has 0 aliphatic carbocycles. The zero-order chi connectivity index (χ0) is 14.5. The summed E-state index contributed by atoms with van der Waals surface area (Å²) in [5.41, 5.74) is 1.80. The van der Waals surface area contributed by atoms with E-state index >= 15 is 0 Å². The number of rotatable bonds is 5. The number of hydrogen-bond acceptors (Lipinski definition) is 3. The molecule has 0 amide bonds. The van der Waals surface area contributed by atoms with Gasteiger partial charge in [0.1, 0.15) is 10.4 Å². The number of aldehydes is 1. The first-order valence-corrected chi connectivity index (χ1v) is 7.33. The van der Waals surface area contributed by atoms with Crippen molar-refractivity contribution in [3.63, 3.8) is 0 Å². The summed E-state index contributed by atoms with van der Waals surface area (Å²) in [7, 11) is 0. The Hall–Kier alpha value is -1.68. The third kappa shape index (κ3) is 3.45. The van der Waals surface area contributed by atoms with Gasteiger partial charge in [-0.25, -0.2) is 4.98 Å². The van der Waals surface area contributed by atoms with Crippen molar-refractivity contribution >= 4 is 28.0 Å². The van der Waals surface area contributed by atoms with Gasteiger partial charge < -0.3 is 4.90 Å². The molecule has 0 aliphatic rings. The van der Waals surface area contributed by atoms with Crippen LogP contribution in [0.2, 0.25) is 0 Å². The van der Waals surface area contributed by atoms with E-state index in [0.29, 0.717) is 16.2 Å². The number of pyridine rings is 1. The molecule has 20 heavy (non-hydrogen) atoms. The summed E-state index contributed by atoms with van der Waals surface area (Å²) in [5.74, 6) is 0.862. The normalized spacial score (nSPS) is 10.6. The quantitative estimate of drug-likeness (QED) is 0.611. The second-order valence-corrected chi connectivity index (χ2v) is 5.63. The largest absolute Gasteiger partial charge is 0.350 e. The van der Waals surface area contributed by atoms with Crippen molar-refractivity contribution in [2.24, 2.45) is 0 Å².